The fourth-order valence-electron chi connectivity index (χ4n) is 4.07. The molecule has 0 amide bonds. The van der Waals surface area contributed by atoms with E-state index in [-0.39, 0.29) is 17.8 Å². The molecule has 0 unspecified atom stereocenters. The number of imidazole rings is 1. The van der Waals surface area contributed by atoms with Crippen LogP contribution >= 0.6 is 23.2 Å². The molecular formula is C27H18Cl2F4N4O3S. The third kappa shape index (κ3) is 6.19. The number of alkyl halides is 3. The lowest BCUT2D eigenvalue weighted by Crippen LogP contribution is -2.29. The van der Waals surface area contributed by atoms with Crippen molar-refractivity contribution in [3.63, 3.8) is 0 Å². The van der Waals surface area contributed by atoms with Gasteiger partial charge in [-0.1, -0.05) is 41.4 Å². The molecule has 0 radical (unpaired) electrons. The highest BCUT2D eigenvalue weighted by molar-refractivity contribution is 7.91. The topological polar surface area (TPSA) is 87.5 Å². The van der Waals surface area contributed by atoms with Crippen molar-refractivity contribution in [3.8, 4) is 11.3 Å². The maximum absolute atomic E-state index is 14.5. The molecule has 0 atom stereocenters. The van der Waals surface area contributed by atoms with Crippen LogP contribution in [-0.2, 0) is 22.9 Å². The molecule has 14 heteroatoms. The molecule has 1 aromatic heterocycles. The predicted molar refractivity (Wildman–Crippen MR) is 149 cm³/mol. The number of benzene rings is 3. The Bertz CT molecular complexity index is 1800. The average molecular weight is 625 g/mol. The predicted octanol–water partition coefficient (Wildman–Crippen LogP) is 7.24. The molecule has 4 aromatic rings. The van der Waals surface area contributed by atoms with E-state index in [2.05, 4.69) is 4.98 Å². The first kappa shape index (κ1) is 28.5. The van der Waals surface area contributed by atoms with Crippen LogP contribution in [0.1, 0.15) is 22.5 Å². The van der Waals surface area contributed by atoms with Crippen molar-refractivity contribution in [1.29, 1.82) is 0 Å². The molecule has 1 aliphatic rings. The molecule has 0 saturated carbocycles. The molecule has 2 heterocycles. The number of halogens is 6. The molecule has 3 aromatic carbocycles. The summed E-state index contributed by atoms with van der Waals surface area (Å²) in [5.74, 6) is -1.22. The molecule has 0 saturated heterocycles. The minimum absolute atomic E-state index is 0.0697. The average Bonchev–Trinajstić information content (AvgIpc) is 3.41. The van der Waals surface area contributed by atoms with Crippen LogP contribution < -0.4 is 9.03 Å². The van der Waals surface area contributed by atoms with E-state index >= 15 is 0 Å². The largest absolute Gasteiger partial charge is 0.493 e. The summed E-state index contributed by atoms with van der Waals surface area (Å²) in [6.07, 6.45) is 0.832. The molecule has 5 rings (SSSR count). The maximum atomic E-state index is 14.5. The van der Waals surface area contributed by atoms with E-state index in [1.165, 1.54) is 12.2 Å². The molecule has 41 heavy (non-hydrogen) atoms. The highest BCUT2D eigenvalue weighted by Crippen LogP contribution is 2.32. The number of anilines is 1. The molecule has 212 valence electrons. The fourth-order valence-corrected chi connectivity index (χ4v) is 5.62. The van der Waals surface area contributed by atoms with E-state index in [0.29, 0.717) is 33.2 Å². The second-order valence-electron chi connectivity index (χ2n) is 8.89. The van der Waals surface area contributed by atoms with E-state index in [0.717, 1.165) is 28.2 Å². The van der Waals surface area contributed by atoms with E-state index in [9.17, 15) is 31.1 Å². The first-order valence-electron chi connectivity index (χ1n) is 11.7. The number of nitrogens with one attached hydrogen (secondary N) is 1. The SMILES string of the molecule is O=S1(=O)NC(O)=CN1c1ccc(Cn2cc(-c3ccc(Cl)cc3Cl)nc2C=Cc2ccc(C(F)(F)F)cc2F)cc1. The molecular weight excluding hydrogens is 607 g/mol. The second kappa shape index (κ2) is 10.8. The van der Waals surface area contributed by atoms with Gasteiger partial charge in [0, 0.05) is 28.9 Å². The highest BCUT2D eigenvalue weighted by atomic mass is 35.5. The molecule has 0 fully saturated rings. The van der Waals surface area contributed by atoms with Crippen LogP contribution in [0.3, 0.4) is 0 Å². The highest BCUT2D eigenvalue weighted by Gasteiger charge is 2.31. The van der Waals surface area contributed by atoms with Gasteiger partial charge < -0.3 is 9.67 Å². The fraction of sp³-hybridized carbons (Fsp3) is 0.0741. The van der Waals surface area contributed by atoms with Gasteiger partial charge in [0.05, 0.1) is 28.2 Å². The minimum Gasteiger partial charge on any atom is -0.493 e. The van der Waals surface area contributed by atoms with Gasteiger partial charge in [-0.2, -0.15) is 21.6 Å². The number of rotatable bonds is 6. The summed E-state index contributed by atoms with van der Waals surface area (Å²) in [6.45, 7) is 0.236. The molecule has 2 N–H and O–H groups in total. The molecule has 7 nitrogen and oxygen atoms in total. The molecule has 0 aliphatic carbocycles. The van der Waals surface area contributed by atoms with Crippen LogP contribution in [0.5, 0.6) is 0 Å². The minimum atomic E-state index is -4.67. The van der Waals surface area contributed by atoms with Crippen molar-refractivity contribution in [1.82, 2.24) is 14.3 Å². The maximum Gasteiger partial charge on any atom is 0.416 e. The van der Waals surface area contributed by atoms with Gasteiger partial charge in [0.15, 0.2) is 0 Å². The lowest BCUT2D eigenvalue weighted by molar-refractivity contribution is -0.137. The summed E-state index contributed by atoms with van der Waals surface area (Å²) in [5, 5.41) is 10.3. The summed E-state index contributed by atoms with van der Waals surface area (Å²) in [5.41, 5.74) is 0.875. The van der Waals surface area contributed by atoms with Crippen LogP contribution in [0.15, 0.2) is 78.9 Å². The van der Waals surface area contributed by atoms with E-state index < -0.39 is 33.6 Å². The van der Waals surface area contributed by atoms with Crippen molar-refractivity contribution in [2.24, 2.45) is 0 Å². The Morgan fingerprint density at radius 1 is 1.00 bits per heavy atom. The standard InChI is InChI=1S/C27H18Cl2F4N4O3S/c28-19-6-9-21(22(29)12-19)24-14-36(13-16-1-7-20(8-2-16)37-15-26(38)35-41(37,39)40)25(34-24)10-4-17-3-5-18(11-23(17)30)27(31,32)33/h1-12,14-15,35,38H,13H2. The Morgan fingerprint density at radius 3 is 2.34 bits per heavy atom. The van der Waals surface area contributed by atoms with Gasteiger partial charge in [-0.25, -0.2) is 18.4 Å². The van der Waals surface area contributed by atoms with Gasteiger partial charge in [0.1, 0.15) is 11.6 Å². The summed E-state index contributed by atoms with van der Waals surface area (Å²) >= 11 is 12.4. The van der Waals surface area contributed by atoms with Crippen molar-refractivity contribution in [2.75, 3.05) is 4.31 Å². The van der Waals surface area contributed by atoms with Crippen LogP contribution in [0.4, 0.5) is 23.2 Å². The number of aromatic nitrogens is 2. The lowest BCUT2D eigenvalue weighted by atomic mass is 10.1. The first-order valence-corrected chi connectivity index (χ1v) is 13.9. The second-order valence-corrected chi connectivity index (χ2v) is 11.3. The van der Waals surface area contributed by atoms with Gasteiger partial charge in [0.25, 0.3) is 0 Å². The smallest absolute Gasteiger partial charge is 0.416 e. The molecule has 0 spiro atoms. The van der Waals surface area contributed by atoms with Gasteiger partial charge in [-0.05, 0) is 60.2 Å². The van der Waals surface area contributed by atoms with Crippen LogP contribution in [0.2, 0.25) is 10.0 Å². The van der Waals surface area contributed by atoms with Crippen LogP contribution in [0.25, 0.3) is 23.4 Å². The number of hydrogen-bond acceptors (Lipinski definition) is 4. The van der Waals surface area contributed by atoms with E-state index in [4.69, 9.17) is 23.2 Å². The summed E-state index contributed by atoms with van der Waals surface area (Å²) in [4.78, 5) is 4.59. The number of aliphatic hydroxyl groups is 1. The zero-order valence-electron chi connectivity index (χ0n) is 20.6. The number of hydrogen-bond donors (Lipinski definition) is 2. The van der Waals surface area contributed by atoms with Crippen LogP contribution in [-0.4, -0.2) is 23.1 Å². The van der Waals surface area contributed by atoms with Gasteiger partial charge in [-0.15, -0.1) is 0 Å². The zero-order valence-corrected chi connectivity index (χ0v) is 22.9. The Morgan fingerprint density at radius 2 is 1.73 bits per heavy atom. The lowest BCUT2D eigenvalue weighted by Gasteiger charge is -2.14. The third-order valence-electron chi connectivity index (χ3n) is 6.03. The van der Waals surface area contributed by atoms with Gasteiger partial charge >= 0.3 is 16.4 Å². The third-order valence-corrected chi connectivity index (χ3v) is 7.88. The number of nitrogens with zero attached hydrogens (tertiary/aromatic N) is 3. The van der Waals surface area contributed by atoms with Gasteiger partial charge in [0.2, 0.25) is 5.88 Å². The summed E-state index contributed by atoms with van der Waals surface area (Å²) < 4.78 is 82.1. The summed E-state index contributed by atoms with van der Waals surface area (Å²) in [6, 6.07) is 13.6. The Hall–Kier alpha value is -4.00. The van der Waals surface area contributed by atoms with Crippen molar-refractivity contribution in [2.45, 2.75) is 12.7 Å². The Labute approximate surface area is 241 Å². The summed E-state index contributed by atoms with van der Waals surface area (Å²) in [7, 11) is -3.95. The monoisotopic (exact) mass is 624 g/mol. The van der Waals surface area contributed by atoms with Crippen molar-refractivity contribution in [3.05, 3.63) is 117 Å². The van der Waals surface area contributed by atoms with Crippen molar-refractivity contribution < 1.29 is 31.1 Å². The van der Waals surface area contributed by atoms with Gasteiger partial charge in [-0.3, -0.25) is 0 Å². The quantitative estimate of drug-likeness (QED) is 0.221. The molecule has 0 bridgehead atoms. The van der Waals surface area contributed by atoms with Crippen molar-refractivity contribution >= 4 is 51.3 Å². The normalized spacial score (nSPS) is 14.9. The van der Waals surface area contributed by atoms with E-state index in [1.807, 2.05) is 4.72 Å². The number of aliphatic hydroxyl groups excluding tert-OH is 1. The van der Waals surface area contributed by atoms with Crippen LogP contribution in [0, 0.1) is 5.82 Å². The van der Waals surface area contributed by atoms with E-state index in [1.54, 1.807) is 53.2 Å². The zero-order chi connectivity index (χ0) is 29.5. The first-order chi connectivity index (χ1) is 19.3. The Kier molecular flexibility index (Phi) is 7.49. The Balaban J connectivity index is 1.48. The molecule has 1 aliphatic heterocycles.